The second-order valence-electron chi connectivity index (χ2n) is 7.38. The lowest BCUT2D eigenvalue weighted by Gasteiger charge is -2.18. The van der Waals surface area contributed by atoms with E-state index >= 15 is 0 Å². The summed E-state index contributed by atoms with van der Waals surface area (Å²) in [6.07, 6.45) is 0. The van der Waals surface area contributed by atoms with Gasteiger partial charge in [-0.3, -0.25) is 14.6 Å². The summed E-state index contributed by atoms with van der Waals surface area (Å²) in [5, 5.41) is 4.00. The number of benzene rings is 2. The van der Waals surface area contributed by atoms with Crippen LogP contribution in [-0.2, 0) is 11.3 Å². The minimum Gasteiger partial charge on any atom is -0.337 e. The fraction of sp³-hybridized carbons (Fsp3) is 0.273. The third-order valence-corrected chi connectivity index (χ3v) is 5.08. The van der Waals surface area contributed by atoms with Crippen molar-refractivity contribution in [3.8, 4) is 11.4 Å². The predicted molar refractivity (Wildman–Crippen MR) is 108 cm³/mol. The maximum Gasteiger partial charge on any atom is 0.332 e. The number of hydrogen-bond acceptors (Lipinski definition) is 5. The highest BCUT2D eigenvalue weighted by atomic mass is 16.5. The normalized spacial score (nSPS) is 16.9. The first-order valence-electron chi connectivity index (χ1n) is 9.58. The molecular weight excluding hydrogens is 368 g/mol. The smallest absolute Gasteiger partial charge is 0.332 e. The third kappa shape index (κ3) is 3.51. The monoisotopic (exact) mass is 390 g/mol. The summed E-state index contributed by atoms with van der Waals surface area (Å²) in [5.74, 6) is 0.797. The van der Waals surface area contributed by atoms with Crippen molar-refractivity contribution in [3.05, 3.63) is 66.1 Å². The van der Waals surface area contributed by atoms with Gasteiger partial charge in [-0.05, 0) is 30.5 Å². The van der Waals surface area contributed by atoms with Crippen molar-refractivity contribution in [2.75, 3.05) is 4.90 Å². The summed E-state index contributed by atoms with van der Waals surface area (Å²) in [6.45, 7) is 5.92. The number of nitrogens with zero attached hydrogens (tertiary/aromatic N) is 4. The molecule has 1 fully saturated rings. The number of amides is 3. The number of aromatic nitrogens is 2. The number of para-hydroxylation sites is 1. The van der Waals surface area contributed by atoms with Gasteiger partial charge in [0.25, 0.3) is 5.91 Å². The number of carbonyl (C=O) groups is 2. The van der Waals surface area contributed by atoms with Crippen LogP contribution in [0, 0.1) is 0 Å². The van der Waals surface area contributed by atoms with Gasteiger partial charge in [0.15, 0.2) is 0 Å². The molecule has 7 heteroatoms. The third-order valence-electron chi connectivity index (χ3n) is 5.08. The topological polar surface area (TPSA) is 79.5 Å². The number of rotatable bonds is 5. The molecule has 0 bridgehead atoms. The number of urea groups is 1. The fourth-order valence-corrected chi connectivity index (χ4v) is 3.38. The predicted octanol–water partition coefficient (Wildman–Crippen LogP) is 4.22. The molecule has 7 nitrogen and oxygen atoms in total. The first-order chi connectivity index (χ1) is 14.0. The molecule has 3 amide bonds. The number of hydrogen-bond donors (Lipinski definition) is 0. The molecule has 0 aliphatic carbocycles. The van der Waals surface area contributed by atoms with Crippen LogP contribution in [-0.4, -0.2) is 33.0 Å². The molecule has 0 N–H and O–H groups in total. The molecule has 1 atom stereocenters. The van der Waals surface area contributed by atoms with Crippen LogP contribution in [0.1, 0.15) is 38.1 Å². The van der Waals surface area contributed by atoms with E-state index in [1.807, 2.05) is 42.5 Å². The first-order valence-corrected chi connectivity index (χ1v) is 9.58. The summed E-state index contributed by atoms with van der Waals surface area (Å²) < 4.78 is 5.31. The van der Waals surface area contributed by atoms with Crippen molar-refractivity contribution in [1.82, 2.24) is 15.0 Å². The van der Waals surface area contributed by atoms with E-state index in [9.17, 15) is 9.59 Å². The van der Waals surface area contributed by atoms with E-state index in [4.69, 9.17) is 4.52 Å². The molecule has 1 aliphatic heterocycles. The molecule has 1 aliphatic rings. The van der Waals surface area contributed by atoms with Gasteiger partial charge < -0.3 is 4.52 Å². The summed E-state index contributed by atoms with van der Waals surface area (Å²) in [4.78, 5) is 32.5. The van der Waals surface area contributed by atoms with Crippen molar-refractivity contribution >= 4 is 17.6 Å². The van der Waals surface area contributed by atoms with E-state index in [0.717, 1.165) is 10.5 Å². The van der Waals surface area contributed by atoms with E-state index in [-0.39, 0.29) is 18.3 Å². The highest BCUT2D eigenvalue weighted by Gasteiger charge is 2.43. The zero-order valence-corrected chi connectivity index (χ0v) is 16.6. The Hall–Kier alpha value is -3.48. The van der Waals surface area contributed by atoms with Gasteiger partial charge in [-0.2, -0.15) is 4.98 Å². The minimum atomic E-state index is -0.587. The Morgan fingerprint density at radius 1 is 1.03 bits per heavy atom. The molecular formula is C22H22N4O3. The Balaban J connectivity index is 1.52. The second kappa shape index (κ2) is 7.50. The lowest BCUT2D eigenvalue weighted by molar-refractivity contribution is -0.127. The molecule has 3 aromatic rings. The van der Waals surface area contributed by atoms with Crippen molar-refractivity contribution in [1.29, 1.82) is 0 Å². The van der Waals surface area contributed by atoms with E-state index in [2.05, 4.69) is 24.0 Å². The molecule has 2 heterocycles. The largest absolute Gasteiger partial charge is 0.337 e. The molecule has 148 valence electrons. The van der Waals surface area contributed by atoms with Crippen LogP contribution in [0.3, 0.4) is 0 Å². The van der Waals surface area contributed by atoms with Gasteiger partial charge in [-0.25, -0.2) is 4.79 Å². The standard InChI is InChI=1S/C22H22N4O3/c1-14(2)16-9-11-17(12-10-16)20-23-19(29-24-20)13-25-21(27)15(3)26(22(25)28)18-7-5-4-6-8-18/h4-12,14-15H,13H2,1-3H3. The summed E-state index contributed by atoms with van der Waals surface area (Å²) in [6, 6.07) is 16.1. The molecule has 0 spiro atoms. The number of carbonyl (C=O) groups excluding carboxylic acids is 2. The number of imide groups is 1. The van der Waals surface area contributed by atoms with Crippen LogP contribution in [0.5, 0.6) is 0 Å². The maximum atomic E-state index is 12.9. The van der Waals surface area contributed by atoms with E-state index < -0.39 is 12.1 Å². The SMILES string of the molecule is CC(C)c1ccc(-c2noc(CN3C(=O)C(C)N(c4ccccc4)C3=O)n2)cc1. The molecule has 4 rings (SSSR count). The van der Waals surface area contributed by atoms with E-state index in [1.165, 1.54) is 10.5 Å². The summed E-state index contributed by atoms with van der Waals surface area (Å²) in [5.41, 5.74) is 2.72. The van der Waals surface area contributed by atoms with Gasteiger partial charge >= 0.3 is 6.03 Å². The molecule has 1 aromatic heterocycles. The van der Waals surface area contributed by atoms with Crippen LogP contribution in [0.2, 0.25) is 0 Å². The molecule has 0 saturated carbocycles. The Morgan fingerprint density at radius 2 is 1.72 bits per heavy atom. The van der Waals surface area contributed by atoms with Gasteiger partial charge in [0.2, 0.25) is 11.7 Å². The van der Waals surface area contributed by atoms with Crippen LogP contribution in [0.4, 0.5) is 10.5 Å². The quantitative estimate of drug-likeness (QED) is 0.610. The van der Waals surface area contributed by atoms with Crippen LogP contribution in [0.15, 0.2) is 59.1 Å². The summed E-state index contributed by atoms with van der Waals surface area (Å²) >= 11 is 0. The maximum absolute atomic E-state index is 12.9. The van der Waals surface area contributed by atoms with Gasteiger partial charge in [0.1, 0.15) is 12.6 Å². The zero-order valence-electron chi connectivity index (χ0n) is 16.6. The summed E-state index contributed by atoms with van der Waals surface area (Å²) in [7, 11) is 0. The molecule has 1 saturated heterocycles. The Kier molecular flexibility index (Phi) is 4.88. The number of anilines is 1. The van der Waals surface area contributed by atoms with Crippen molar-refractivity contribution in [3.63, 3.8) is 0 Å². The van der Waals surface area contributed by atoms with Gasteiger partial charge in [-0.15, -0.1) is 0 Å². The van der Waals surface area contributed by atoms with Crippen molar-refractivity contribution in [2.45, 2.75) is 39.3 Å². The minimum absolute atomic E-state index is 0.0532. The van der Waals surface area contributed by atoms with Gasteiger partial charge in [0, 0.05) is 11.3 Å². The second-order valence-corrected chi connectivity index (χ2v) is 7.38. The van der Waals surface area contributed by atoms with Gasteiger partial charge in [0.05, 0.1) is 0 Å². The lowest BCUT2D eigenvalue weighted by atomic mass is 10.0. The first kappa shape index (κ1) is 18.9. The van der Waals surface area contributed by atoms with E-state index in [1.54, 1.807) is 19.1 Å². The fourth-order valence-electron chi connectivity index (χ4n) is 3.38. The van der Waals surface area contributed by atoms with Crippen LogP contribution >= 0.6 is 0 Å². The van der Waals surface area contributed by atoms with Crippen LogP contribution < -0.4 is 4.90 Å². The van der Waals surface area contributed by atoms with Crippen molar-refractivity contribution < 1.29 is 14.1 Å². The average molecular weight is 390 g/mol. The zero-order chi connectivity index (χ0) is 20.5. The van der Waals surface area contributed by atoms with Crippen LogP contribution in [0.25, 0.3) is 11.4 Å². The Bertz CT molecular complexity index is 1030. The van der Waals surface area contributed by atoms with E-state index in [0.29, 0.717) is 17.4 Å². The molecule has 0 radical (unpaired) electrons. The van der Waals surface area contributed by atoms with Gasteiger partial charge in [-0.1, -0.05) is 61.5 Å². The van der Waals surface area contributed by atoms with Crippen molar-refractivity contribution in [2.24, 2.45) is 0 Å². The Labute approximate surface area is 168 Å². The molecule has 1 unspecified atom stereocenters. The molecule has 2 aromatic carbocycles. The Morgan fingerprint density at radius 3 is 2.38 bits per heavy atom. The highest BCUT2D eigenvalue weighted by molar-refractivity contribution is 6.13. The molecule has 29 heavy (non-hydrogen) atoms. The lowest BCUT2D eigenvalue weighted by Crippen LogP contribution is -2.33. The highest BCUT2D eigenvalue weighted by Crippen LogP contribution is 2.27. The average Bonchev–Trinajstić information content (AvgIpc) is 3.28.